The van der Waals surface area contributed by atoms with Gasteiger partial charge in [0.1, 0.15) is 0 Å². The Kier molecular flexibility index (Phi) is 5.90. The summed E-state index contributed by atoms with van der Waals surface area (Å²) in [6, 6.07) is 7.28. The molecular weight excluding hydrogens is 278 g/mol. The van der Waals surface area contributed by atoms with E-state index in [1.807, 2.05) is 24.3 Å². The highest BCUT2D eigenvalue weighted by Gasteiger charge is 2.19. The number of hydrogen-bond acceptors (Lipinski definition) is 3. The van der Waals surface area contributed by atoms with E-state index in [-0.39, 0.29) is 17.6 Å². The van der Waals surface area contributed by atoms with Crippen molar-refractivity contribution in [2.24, 2.45) is 5.92 Å². The molecule has 0 saturated heterocycles. The summed E-state index contributed by atoms with van der Waals surface area (Å²) in [6.45, 7) is 2.00. The Morgan fingerprint density at radius 1 is 1.18 bits per heavy atom. The molecule has 0 saturated carbocycles. The monoisotopic (exact) mass is 301 g/mol. The predicted molar refractivity (Wildman–Crippen MR) is 85.4 cm³/mol. The topological polar surface area (TPSA) is 66.4 Å². The van der Waals surface area contributed by atoms with Crippen molar-refractivity contribution in [2.45, 2.75) is 45.3 Å². The van der Waals surface area contributed by atoms with Gasteiger partial charge in [0.25, 0.3) is 0 Å². The molecular formula is C18H23NO3. The molecule has 0 heterocycles. The highest BCUT2D eigenvalue weighted by atomic mass is 16.3. The second kappa shape index (κ2) is 7.90. The SMILES string of the molecule is CC(=O)c1ccc(CNC(=O)C2CC/C=C/C(O)CC2)cc1. The lowest BCUT2D eigenvalue weighted by atomic mass is 9.92. The summed E-state index contributed by atoms with van der Waals surface area (Å²) >= 11 is 0. The van der Waals surface area contributed by atoms with Gasteiger partial charge in [-0.1, -0.05) is 36.4 Å². The zero-order valence-corrected chi connectivity index (χ0v) is 12.9. The maximum Gasteiger partial charge on any atom is 0.223 e. The molecule has 2 atom stereocenters. The number of benzene rings is 1. The Labute approximate surface area is 131 Å². The molecule has 22 heavy (non-hydrogen) atoms. The second-order valence-electron chi connectivity index (χ2n) is 5.82. The summed E-state index contributed by atoms with van der Waals surface area (Å²) in [6.07, 6.45) is 6.30. The van der Waals surface area contributed by atoms with Crippen molar-refractivity contribution in [3.8, 4) is 0 Å². The highest BCUT2D eigenvalue weighted by molar-refractivity contribution is 5.94. The molecule has 1 aliphatic rings. The summed E-state index contributed by atoms with van der Waals surface area (Å²) in [7, 11) is 0. The van der Waals surface area contributed by atoms with Crippen molar-refractivity contribution in [1.29, 1.82) is 0 Å². The van der Waals surface area contributed by atoms with Gasteiger partial charge in [-0.3, -0.25) is 9.59 Å². The van der Waals surface area contributed by atoms with Crippen LogP contribution in [0.15, 0.2) is 36.4 Å². The number of hydrogen-bond donors (Lipinski definition) is 2. The number of carbonyl (C=O) groups excluding carboxylic acids is 2. The lowest BCUT2D eigenvalue weighted by molar-refractivity contribution is -0.125. The van der Waals surface area contributed by atoms with Gasteiger partial charge in [-0.25, -0.2) is 0 Å². The van der Waals surface area contributed by atoms with Crippen molar-refractivity contribution in [3.63, 3.8) is 0 Å². The zero-order valence-electron chi connectivity index (χ0n) is 12.9. The molecule has 0 spiro atoms. The average Bonchev–Trinajstić information content (AvgIpc) is 2.49. The number of aliphatic hydroxyl groups excluding tert-OH is 1. The molecule has 2 rings (SSSR count). The van der Waals surface area contributed by atoms with Crippen LogP contribution in [0.2, 0.25) is 0 Å². The quantitative estimate of drug-likeness (QED) is 0.663. The van der Waals surface area contributed by atoms with E-state index >= 15 is 0 Å². The Morgan fingerprint density at radius 2 is 1.91 bits per heavy atom. The van der Waals surface area contributed by atoms with Crippen molar-refractivity contribution in [1.82, 2.24) is 5.32 Å². The summed E-state index contributed by atoms with van der Waals surface area (Å²) in [4.78, 5) is 23.5. The van der Waals surface area contributed by atoms with E-state index < -0.39 is 6.10 Å². The third-order valence-electron chi connectivity index (χ3n) is 4.05. The van der Waals surface area contributed by atoms with E-state index in [2.05, 4.69) is 5.32 Å². The van der Waals surface area contributed by atoms with E-state index in [1.54, 1.807) is 12.1 Å². The molecule has 4 heteroatoms. The van der Waals surface area contributed by atoms with E-state index in [9.17, 15) is 14.7 Å². The number of nitrogens with one attached hydrogen (secondary N) is 1. The lowest BCUT2D eigenvalue weighted by Gasteiger charge is -2.19. The van der Waals surface area contributed by atoms with Gasteiger partial charge in [0.2, 0.25) is 5.91 Å². The molecule has 1 aromatic carbocycles. The predicted octanol–water partition coefficient (Wildman–Crippen LogP) is 2.61. The van der Waals surface area contributed by atoms with Crippen LogP contribution >= 0.6 is 0 Å². The summed E-state index contributed by atoms with van der Waals surface area (Å²) < 4.78 is 0. The van der Waals surface area contributed by atoms with E-state index in [1.165, 1.54) is 6.92 Å². The maximum atomic E-state index is 12.2. The molecule has 1 aliphatic carbocycles. The minimum Gasteiger partial charge on any atom is -0.389 e. The van der Waals surface area contributed by atoms with Crippen LogP contribution in [0.25, 0.3) is 0 Å². The molecule has 1 amide bonds. The standard InChI is InChI=1S/C18H23NO3/c1-13(20)15-8-6-14(7-9-15)12-19-18(22)16-4-2-3-5-17(21)11-10-16/h3,5-9,16-17,21H,2,4,10-12H2,1H3,(H,19,22)/b5-3+. The smallest absolute Gasteiger partial charge is 0.223 e. The Balaban J connectivity index is 1.86. The van der Waals surface area contributed by atoms with E-state index in [4.69, 9.17) is 0 Å². The highest BCUT2D eigenvalue weighted by Crippen LogP contribution is 2.19. The van der Waals surface area contributed by atoms with Crippen molar-refractivity contribution >= 4 is 11.7 Å². The molecule has 0 aromatic heterocycles. The van der Waals surface area contributed by atoms with Gasteiger partial charge in [-0.15, -0.1) is 0 Å². The minimum atomic E-state index is -0.435. The number of carbonyl (C=O) groups is 2. The number of rotatable bonds is 4. The summed E-state index contributed by atoms with van der Waals surface area (Å²) in [5, 5.41) is 12.6. The Bertz CT molecular complexity index is 548. The van der Waals surface area contributed by atoms with Gasteiger partial charge in [0.15, 0.2) is 5.78 Å². The van der Waals surface area contributed by atoms with Gasteiger partial charge >= 0.3 is 0 Å². The molecule has 2 unspecified atom stereocenters. The van der Waals surface area contributed by atoms with Crippen LogP contribution in [0.5, 0.6) is 0 Å². The zero-order chi connectivity index (χ0) is 15.9. The molecule has 0 fully saturated rings. The number of allylic oxidation sites excluding steroid dienone is 1. The third-order valence-corrected chi connectivity index (χ3v) is 4.05. The Morgan fingerprint density at radius 3 is 2.59 bits per heavy atom. The normalized spacial score (nSPS) is 23.2. The number of Topliss-reactive ketones (excluding diaryl/α,β-unsaturated/α-hetero) is 1. The molecule has 0 aliphatic heterocycles. The molecule has 0 radical (unpaired) electrons. The first-order chi connectivity index (χ1) is 10.6. The molecule has 0 bridgehead atoms. The fourth-order valence-corrected chi connectivity index (χ4v) is 2.62. The van der Waals surface area contributed by atoms with Crippen LogP contribution in [0.4, 0.5) is 0 Å². The van der Waals surface area contributed by atoms with Gasteiger partial charge < -0.3 is 10.4 Å². The first-order valence-electron chi connectivity index (χ1n) is 7.78. The molecule has 2 N–H and O–H groups in total. The van der Waals surface area contributed by atoms with Crippen molar-refractivity contribution < 1.29 is 14.7 Å². The first-order valence-corrected chi connectivity index (χ1v) is 7.78. The fraction of sp³-hybridized carbons (Fsp3) is 0.444. The van der Waals surface area contributed by atoms with Gasteiger partial charge in [0.05, 0.1) is 6.10 Å². The summed E-state index contributed by atoms with van der Waals surface area (Å²) in [5.74, 6) is 0.0333. The Hall–Kier alpha value is -1.94. The van der Waals surface area contributed by atoms with E-state index in [0.717, 1.165) is 18.4 Å². The van der Waals surface area contributed by atoms with Crippen LogP contribution in [0, 0.1) is 5.92 Å². The third kappa shape index (κ3) is 4.81. The number of aliphatic hydroxyl groups is 1. The average molecular weight is 301 g/mol. The number of amides is 1. The summed E-state index contributed by atoms with van der Waals surface area (Å²) in [5.41, 5.74) is 1.65. The van der Waals surface area contributed by atoms with Crippen LogP contribution in [-0.4, -0.2) is 22.9 Å². The van der Waals surface area contributed by atoms with Crippen LogP contribution in [0.1, 0.15) is 48.5 Å². The van der Waals surface area contributed by atoms with Gasteiger partial charge in [-0.2, -0.15) is 0 Å². The fourth-order valence-electron chi connectivity index (χ4n) is 2.62. The van der Waals surface area contributed by atoms with Crippen LogP contribution in [0.3, 0.4) is 0 Å². The molecule has 4 nitrogen and oxygen atoms in total. The minimum absolute atomic E-state index is 0.0386. The van der Waals surface area contributed by atoms with Crippen molar-refractivity contribution in [2.75, 3.05) is 0 Å². The van der Waals surface area contributed by atoms with Crippen molar-refractivity contribution in [3.05, 3.63) is 47.5 Å². The number of ketones is 1. The molecule has 118 valence electrons. The van der Waals surface area contributed by atoms with Crippen LogP contribution in [-0.2, 0) is 11.3 Å². The van der Waals surface area contributed by atoms with Crippen LogP contribution < -0.4 is 5.32 Å². The first kappa shape index (κ1) is 16.4. The van der Waals surface area contributed by atoms with Gasteiger partial charge in [-0.05, 0) is 38.2 Å². The van der Waals surface area contributed by atoms with Gasteiger partial charge in [0, 0.05) is 18.0 Å². The lowest BCUT2D eigenvalue weighted by Crippen LogP contribution is -2.31. The molecule has 1 aromatic rings. The van der Waals surface area contributed by atoms with E-state index in [0.29, 0.717) is 24.9 Å². The second-order valence-corrected chi connectivity index (χ2v) is 5.82. The maximum absolute atomic E-state index is 12.2. The largest absolute Gasteiger partial charge is 0.389 e.